The molecule has 1 aliphatic rings. The molecule has 0 N–H and O–H groups in total. The first-order valence-electron chi connectivity index (χ1n) is 4.39. The van der Waals surface area contributed by atoms with Gasteiger partial charge in [0.05, 0.1) is 0 Å². The molecule has 1 rings (SSSR count). The number of likely N-dealkylation sites (tertiary alicyclic amines) is 1. The molecule has 1 atom stereocenters. The summed E-state index contributed by atoms with van der Waals surface area (Å²) in [5.41, 5.74) is -0.886. The number of halogens is 1. The number of rotatable bonds is 2. The van der Waals surface area contributed by atoms with E-state index in [4.69, 9.17) is 0 Å². The number of hydrogen-bond donors (Lipinski definition) is 0. The topological polar surface area (TPSA) is 3.24 Å². The van der Waals surface area contributed by atoms with E-state index in [9.17, 15) is 4.39 Å². The van der Waals surface area contributed by atoms with Gasteiger partial charge in [-0.3, -0.25) is 0 Å². The van der Waals surface area contributed by atoms with Gasteiger partial charge in [-0.15, -0.1) is 0 Å². The summed E-state index contributed by atoms with van der Waals surface area (Å²) in [6, 6.07) is 0. The summed E-state index contributed by atoms with van der Waals surface area (Å²) in [6.07, 6.45) is 1.44. The van der Waals surface area contributed by atoms with Crippen LogP contribution in [-0.2, 0) is 0 Å². The largest absolute Gasteiger partial charge is 0.303 e. The highest BCUT2D eigenvalue weighted by molar-refractivity contribution is 4.89. The van der Waals surface area contributed by atoms with E-state index >= 15 is 0 Å². The highest BCUT2D eigenvalue weighted by atomic mass is 19.1. The van der Waals surface area contributed by atoms with Crippen molar-refractivity contribution in [3.63, 3.8) is 0 Å². The first-order chi connectivity index (χ1) is 5.02. The lowest BCUT2D eigenvalue weighted by Gasteiger charge is -2.21. The highest BCUT2D eigenvalue weighted by Crippen LogP contribution is 2.30. The van der Waals surface area contributed by atoms with Gasteiger partial charge in [0.2, 0.25) is 0 Å². The van der Waals surface area contributed by atoms with Crippen molar-refractivity contribution in [3.05, 3.63) is 0 Å². The van der Waals surface area contributed by atoms with Gasteiger partial charge in [-0.05, 0) is 25.8 Å². The lowest BCUT2D eigenvalue weighted by molar-refractivity contribution is 0.141. The maximum Gasteiger partial charge on any atom is 0.125 e. The van der Waals surface area contributed by atoms with Crippen LogP contribution in [0.5, 0.6) is 0 Å². The Bertz CT molecular complexity index is 136. The van der Waals surface area contributed by atoms with E-state index in [1.54, 1.807) is 0 Å². The van der Waals surface area contributed by atoms with Crippen molar-refractivity contribution in [2.75, 3.05) is 20.1 Å². The minimum atomic E-state index is -0.886. The van der Waals surface area contributed by atoms with E-state index in [2.05, 4.69) is 18.7 Å². The molecule has 0 aromatic rings. The molecule has 0 unspecified atom stereocenters. The molecule has 0 spiro atoms. The Morgan fingerprint density at radius 2 is 2.18 bits per heavy atom. The van der Waals surface area contributed by atoms with Crippen LogP contribution in [0.2, 0.25) is 0 Å². The molecule has 1 aliphatic heterocycles. The Hall–Kier alpha value is -0.110. The molecule has 1 fully saturated rings. The first-order valence-corrected chi connectivity index (χ1v) is 4.39. The second-order valence-corrected chi connectivity index (χ2v) is 4.24. The van der Waals surface area contributed by atoms with E-state index < -0.39 is 5.67 Å². The van der Waals surface area contributed by atoms with Gasteiger partial charge >= 0.3 is 0 Å². The Balaban J connectivity index is 2.42. The van der Waals surface area contributed by atoms with Crippen LogP contribution in [0.1, 0.15) is 26.7 Å². The van der Waals surface area contributed by atoms with Crippen LogP contribution in [0.3, 0.4) is 0 Å². The average Bonchev–Trinajstić information content (AvgIpc) is 2.08. The minimum absolute atomic E-state index is 0.478. The summed E-state index contributed by atoms with van der Waals surface area (Å²) in [4.78, 5) is 2.07. The Kier molecular flexibility index (Phi) is 2.53. The molecule has 0 saturated carbocycles. The van der Waals surface area contributed by atoms with Crippen molar-refractivity contribution in [1.29, 1.82) is 0 Å². The predicted octanol–water partition coefficient (Wildman–Crippen LogP) is 2.08. The molecular weight excluding hydrogens is 141 g/mol. The van der Waals surface area contributed by atoms with Crippen LogP contribution in [0, 0.1) is 5.92 Å². The Morgan fingerprint density at radius 1 is 1.55 bits per heavy atom. The smallest absolute Gasteiger partial charge is 0.125 e. The molecule has 11 heavy (non-hydrogen) atoms. The zero-order valence-electron chi connectivity index (χ0n) is 7.73. The maximum absolute atomic E-state index is 13.8. The van der Waals surface area contributed by atoms with Gasteiger partial charge in [-0.1, -0.05) is 13.8 Å². The van der Waals surface area contributed by atoms with Crippen LogP contribution in [0.25, 0.3) is 0 Å². The molecule has 1 heterocycles. The second-order valence-electron chi connectivity index (χ2n) is 4.24. The van der Waals surface area contributed by atoms with E-state index in [1.165, 1.54) is 0 Å². The highest BCUT2D eigenvalue weighted by Gasteiger charge is 2.36. The van der Waals surface area contributed by atoms with Gasteiger partial charge < -0.3 is 4.90 Å². The van der Waals surface area contributed by atoms with Crippen molar-refractivity contribution in [2.24, 2.45) is 5.92 Å². The van der Waals surface area contributed by atoms with Crippen LogP contribution in [-0.4, -0.2) is 30.7 Å². The van der Waals surface area contributed by atoms with Gasteiger partial charge in [-0.25, -0.2) is 4.39 Å². The molecule has 1 saturated heterocycles. The molecule has 0 radical (unpaired) electrons. The monoisotopic (exact) mass is 159 g/mol. The zero-order valence-corrected chi connectivity index (χ0v) is 7.73. The van der Waals surface area contributed by atoms with Gasteiger partial charge in [0.15, 0.2) is 0 Å². The van der Waals surface area contributed by atoms with Crippen molar-refractivity contribution in [1.82, 2.24) is 4.90 Å². The standard InChI is InChI=1S/C9H18FN/c1-8(2)6-9(10)4-5-11(3)7-9/h8H,4-7H2,1-3H3/t9-/m1/s1. The quantitative estimate of drug-likeness (QED) is 0.596. The van der Waals surface area contributed by atoms with Crippen molar-refractivity contribution >= 4 is 0 Å². The van der Waals surface area contributed by atoms with Crippen molar-refractivity contribution in [3.8, 4) is 0 Å². The number of nitrogens with zero attached hydrogens (tertiary/aromatic N) is 1. The van der Waals surface area contributed by atoms with Gasteiger partial charge in [0, 0.05) is 13.1 Å². The molecule has 0 bridgehead atoms. The fourth-order valence-electron chi connectivity index (χ4n) is 1.93. The first kappa shape index (κ1) is 8.98. The lowest BCUT2D eigenvalue weighted by Crippen LogP contribution is -2.28. The van der Waals surface area contributed by atoms with Crippen molar-refractivity contribution in [2.45, 2.75) is 32.4 Å². The van der Waals surface area contributed by atoms with Crippen molar-refractivity contribution < 1.29 is 4.39 Å². The molecule has 0 amide bonds. The lowest BCUT2D eigenvalue weighted by atomic mass is 9.93. The second kappa shape index (κ2) is 3.10. The van der Waals surface area contributed by atoms with Gasteiger partial charge in [0.1, 0.15) is 5.67 Å². The zero-order chi connectivity index (χ0) is 8.48. The van der Waals surface area contributed by atoms with Crippen LogP contribution in [0.4, 0.5) is 4.39 Å². The van der Waals surface area contributed by atoms with E-state index in [-0.39, 0.29) is 0 Å². The van der Waals surface area contributed by atoms with Crippen LogP contribution < -0.4 is 0 Å². The third-order valence-corrected chi connectivity index (χ3v) is 2.27. The van der Waals surface area contributed by atoms with Crippen LogP contribution in [0.15, 0.2) is 0 Å². The van der Waals surface area contributed by atoms with Crippen LogP contribution >= 0.6 is 0 Å². The van der Waals surface area contributed by atoms with Gasteiger partial charge in [0.25, 0.3) is 0 Å². The summed E-state index contributed by atoms with van der Waals surface area (Å²) in [5, 5.41) is 0. The molecular formula is C9H18FN. The SMILES string of the molecule is CC(C)C[C@]1(F)CCN(C)C1. The summed E-state index contributed by atoms with van der Waals surface area (Å²) in [6.45, 7) is 5.72. The molecule has 2 heteroatoms. The normalized spacial score (nSPS) is 33.5. The van der Waals surface area contributed by atoms with E-state index in [0.717, 1.165) is 19.4 Å². The average molecular weight is 159 g/mol. The van der Waals surface area contributed by atoms with E-state index in [0.29, 0.717) is 12.5 Å². The molecule has 0 aliphatic carbocycles. The third kappa shape index (κ3) is 2.44. The predicted molar refractivity (Wildman–Crippen MR) is 45.4 cm³/mol. The maximum atomic E-state index is 13.8. The Labute approximate surface area is 68.6 Å². The third-order valence-electron chi connectivity index (χ3n) is 2.27. The summed E-state index contributed by atoms with van der Waals surface area (Å²) in [5.74, 6) is 0.478. The Morgan fingerprint density at radius 3 is 2.55 bits per heavy atom. The minimum Gasteiger partial charge on any atom is -0.303 e. The molecule has 0 aromatic heterocycles. The fraction of sp³-hybridized carbons (Fsp3) is 1.00. The summed E-state index contributed by atoms with van der Waals surface area (Å²) in [7, 11) is 1.99. The van der Waals surface area contributed by atoms with E-state index in [1.807, 2.05) is 7.05 Å². The number of alkyl halides is 1. The number of hydrogen-bond acceptors (Lipinski definition) is 1. The fourth-order valence-corrected chi connectivity index (χ4v) is 1.93. The molecule has 66 valence electrons. The summed E-state index contributed by atoms with van der Waals surface area (Å²) < 4.78 is 13.8. The summed E-state index contributed by atoms with van der Waals surface area (Å²) >= 11 is 0. The van der Waals surface area contributed by atoms with Gasteiger partial charge in [-0.2, -0.15) is 0 Å². The molecule has 1 nitrogen and oxygen atoms in total. The molecule has 0 aromatic carbocycles.